The fourth-order valence-electron chi connectivity index (χ4n) is 8.90. The first-order valence-corrected chi connectivity index (χ1v) is 32.4. The number of carbonyl (C=O) groups excluding carboxylic acids is 3. The Morgan fingerprint density at radius 1 is 0.392 bits per heavy atom. The van der Waals surface area contributed by atoms with Crippen molar-refractivity contribution in [2.75, 3.05) is 26.4 Å². The number of phosphoric acid groups is 1. The highest BCUT2D eigenvalue weighted by Crippen LogP contribution is 2.43. The summed E-state index contributed by atoms with van der Waals surface area (Å²) in [5.41, 5.74) is 0. The molecule has 0 saturated carbocycles. The zero-order chi connectivity index (χ0) is 54.1. The predicted octanol–water partition coefficient (Wildman–Crippen LogP) is 18.4. The van der Waals surface area contributed by atoms with Crippen LogP contribution in [0.25, 0.3) is 0 Å². The number of unbranched alkanes of at least 4 members (excludes halogenated alkanes) is 35. The number of aliphatic hydroxyl groups is 1. The number of aliphatic hydroxyl groups excluding tert-OH is 1. The molecule has 0 aromatic heterocycles. The maximum atomic E-state index is 12.9. The minimum atomic E-state index is -4.75. The molecular weight excluding hydrogens is 952 g/mol. The molecule has 0 amide bonds. The first-order chi connectivity index (χ1) is 36.2. The van der Waals surface area contributed by atoms with Crippen molar-refractivity contribution in [2.45, 2.75) is 315 Å². The Bertz CT molecular complexity index is 1380. The predicted molar refractivity (Wildman–Crippen MR) is 307 cm³/mol. The summed E-state index contributed by atoms with van der Waals surface area (Å²) in [6.45, 7) is 4.56. The summed E-state index contributed by atoms with van der Waals surface area (Å²) < 4.78 is 39.6. The molecule has 434 valence electrons. The molecule has 0 aliphatic rings. The highest BCUT2D eigenvalue weighted by atomic mass is 31.2. The molecule has 0 radical (unpaired) electrons. The summed E-state index contributed by atoms with van der Waals surface area (Å²) in [6, 6.07) is 0. The van der Waals surface area contributed by atoms with Crippen LogP contribution in [-0.4, -0.2) is 66.5 Å². The number of hydrogen-bond acceptors (Lipinski definition) is 10. The van der Waals surface area contributed by atoms with Crippen molar-refractivity contribution >= 4 is 25.7 Å². The molecule has 74 heavy (non-hydrogen) atoms. The van der Waals surface area contributed by atoms with Crippen molar-refractivity contribution in [2.24, 2.45) is 0 Å². The molecule has 0 saturated heterocycles. The van der Waals surface area contributed by atoms with Crippen LogP contribution in [0.5, 0.6) is 0 Å². The molecule has 0 bridgehead atoms. The van der Waals surface area contributed by atoms with Crippen LogP contribution in [0.4, 0.5) is 0 Å². The molecule has 0 rings (SSSR count). The van der Waals surface area contributed by atoms with Crippen LogP contribution >= 0.6 is 7.82 Å². The summed E-state index contributed by atoms with van der Waals surface area (Å²) in [5.74, 6) is -1.47. The van der Waals surface area contributed by atoms with Gasteiger partial charge in [-0.3, -0.25) is 23.4 Å². The molecule has 0 fully saturated rings. The lowest BCUT2D eigenvalue weighted by molar-refractivity contribution is -0.161. The van der Waals surface area contributed by atoms with Crippen LogP contribution in [0.2, 0.25) is 0 Å². The number of carbonyl (C=O) groups is 3. The van der Waals surface area contributed by atoms with Gasteiger partial charge in [-0.25, -0.2) is 4.57 Å². The van der Waals surface area contributed by atoms with Crippen LogP contribution in [0.3, 0.4) is 0 Å². The normalized spacial score (nSPS) is 13.5. The Hall–Kier alpha value is -2.30. The molecular formula is C62H115O11P. The molecule has 0 aliphatic heterocycles. The Balaban J connectivity index is 4.66. The quantitative estimate of drug-likeness (QED) is 0.0197. The van der Waals surface area contributed by atoms with Gasteiger partial charge in [0.2, 0.25) is 0 Å². The van der Waals surface area contributed by atoms with E-state index in [1.54, 1.807) is 0 Å². The Kier molecular flexibility index (Phi) is 55.1. The number of allylic oxidation sites excluding steroid dienone is 6. The van der Waals surface area contributed by atoms with Crippen LogP contribution in [0.1, 0.15) is 303 Å². The van der Waals surface area contributed by atoms with Crippen molar-refractivity contribution in [3.8, 4) is 0 Å². The highest BCUT2D eigenvalue weighted by molar-refractivity contribution is 7.47. The standard InChI is InChI=1S/C62H115O11P/c1-4-7-10-13-16-19-22-25-27-28-29-30-32-35-38-41-44-47-50-53-62(66)73-59(55-69-60(64)51-48-45-42-39-36-33-24-21-18-15-12-9-6-3)57-71-74(67,68)70-56-58(54-63)72-61(65)52-49-46-43-40-37-34-31-26-23-20-17-14-11-8-5-2/h9,12,18,21,33,36,58-59,63H,4-8,10-11,13-17,19-20,22-32,34-35,37-57H2,1-3H3,(H,67,68)/b12-9-,21-18-,36-33-. The second-order valence-electron chi connectivity index (χ2n) is 20.9. The van der Waals surface area contributed by atoms with Gasteiger partial charge in [-0.15, -0.1) is 0 Å². The van der Waals surface area contributed by atoms with E-state index in [0.29, 0.717) is 19.3 Å². The van der Waals surface area contributed by atoms with Gasteiger partial charge in [-0.2, -0.15) is 0 Å². The summed E-state index contributed by atoms with van der Waals surface area (Å²) in [7, 11) is -4.75. The van der Waals surface area contributed by atoms with E-state index in [9.17, 15) is 28.9 Å². The highest BCUT2D eigenvalue weighted by Gasteiger charge is 2.28. The van der Waals surface area contributed by atoms with E-state index in [0.717, 1.165) is 77.0 Å². The molecule has 0 aliphatic carbocycles. The number of phosphoric ester groups is 1. The van der Waals surface area contributed by atoms with E-state index in [2.05, 4.69) is 57.2 Å². The molecule has 11 nitrogen and oxygen atoms in total. The third-order valence-corrected chi connectivity index (χ3v) is 14.5. The van der Waals surface area contributed by atoms with E-state index in [1.165, 1.54) is 167 Å². The fraction of sp³-hybridized carbons (Fsp3) is 0.855. The Morgan fingerprint density at radius 3 is 1.08 bits per heavy atom. The first-order valence-electron chi connectivity index (χ1n) is 30.9. The maximum absolute atomic E-state index is 12.9. The van der Waals surface area contributed by atoms with Crippen LogP contribution in [0, 0.1) is 0 Å². The Labute approximate surface area is 454 Å². The van der Waals surface area contributed by atoms with Crippen molar-refractivity contribution in [1.82, 2.24) is 0 Å². The van der Waals surface area contributed by atoms with E-state index in [1.807, 2.05) is 0 Å². The summed E-state index contributed by atoms with van der Waals surface area (Å²) in [6.07, 6.45) is 59.6. The molecule has 3 unspecified atom stereocenters. The summed E-state index contributed by atoms with van der Waals surface area (Å²) >= 11 is 0. The minimum absolute atomic E-state index is 0.167. The average molecular weight is 1070 g/mol. The molecule has 3 atom stereocenters. The van der Waals surface area contributed by atoms with E-state index >= 15 is 0 Å². The average Bonchev–Trinajstić information content (AvgIpc) is 3.39. The lowest BCUT2D eigenvalue weighted by Crippen LogP contribution is -2.30. The zero-order valence-corrected chi connectivity index (χ0v) is 49.0. The SMILES string of the molecule is CC/C=C\C/C=C\C/C=C\CCCCCC(=O)OCC(COP(=O)(O)OCC(CO)OC(=O)CCCCCCCCCCCCCCCCC)OC(=O)CCCCCCCCCCCCCCCCCCCCC. The van der Waals surface area contributed by atoms with Gasteiger partial charge in [0.1, 0.15) is 12.7 Å². The first kappa shape index (κ1) is 71.7. The van der Waals surface area contributed by atoms with Gasteiger partial charge in [-0.05, 0) is 51.4 Å². The molecule has 0 spiro atoms. The number of ether oxygens (including phenoxy) is 3. The van der Waals surface area contributed by atoms with Gasteiger partial charge < -0.3 is 24.2 Å². The van der Waals surface area contributed by atoms with Crippen molar-refractivity contribution < 1.29 is 52.2 Å². The van der Waals surface area contributed by atoms with Crippen molar-refractivity contribution in [1.29, 1.82) is 0 Å². The Morgan fingerprint density at radius 2 is 0.703 bits per heavy atom. The number of rotatable bonds is 58. The minimum Gasteiger partial charge on any atom is -0.462 e. The lowest BCUT2D eigenvalue weighted by Gasteiger charge is -2.21. The van der Waals surface area contributed by atoms with E-state index < -0.39 is 57.8 Å². The van der Waals surface area contributed by atoms with Gasteiger partial charge in [0.15, 0.2) is 6.10 Å². The second kappa shape index (κ2) is 56.9. The molecule has 0 aromatic carbocycles. The maximum Gasteiger partial charge on any atom is 0.472 e. The topological polar surface area (TPSA) is 155 Å². The van der Waals surface area contributed by atoms with Gasteiger partial charge in [-0.1, -0.05) is 269 Å². The van der Waals surface area contributed by atoms with E-state index in [4.69, 9.17) is 23.3 Å². The third-order valence-electron chi connectivity index (χ3n) is 13.6. The van der Waals surface area contributed by atoms with Crippen molar-refractivity contribution in [3.63, 3.8) is 0 Å². The van der Waals surface area contributed by atoms with Crippen LogP contribution in [-0.2, 0) is 42.2 Å². The lowest BCUT2D eigenvalue weighted by atomic mass is 10.0. The van der Waals surface area contributed by atoms with Crippen LogP contribution < -0.4 is 0 Å². The molecule has 12 heteroatoms. The zero-order valence-electron chi connectivity index (χ0n) is 48.1. The molecule has 2 N–H and O–H groups in total. The monoisotopic (exact) mass is 1070 g/mol. The molecule has 0 heterocycles. The fourth-order valence-corrected chi connectivity index (χ4v) is 9.69. The second-order valence-corrected chi connectivity index (χ2v) is 22.3. The smallest absolute Gasteiger partial charge is 0.462 e. The largest absolute Gasteiger partial charge is 0.472 e. The van der Waals surface area contributed by atoms with Gasteiger partial charge in [0, 0.05) is 19.3 Å². The van der Waals surface area contributed by atoms with Crippen molar-refractivity contribution in [3.05, 3.63) is 36.5 Å². The van der Waals surface area contributed by atoms with E-state index in [-0.39, 0.29) is 25.9 Å². The van der Waals surface area contributed by atoms with Gasteiger partial charge >= 0.3 is 25.7 Å². The van der Waals surface area contributed by atoms with Gasteiger partial charge in [0.05, 0.1) is 19.8 Å². The molecule has 0 aromatic rings. The van der Waals surface area contributed by atoms with Crippen LogP contribution in [0.15, 0.2) is 36.5 Å². The number of hydrogen-bond donors (Lipinski definition) is 2. The third kappa shape index (κ3) is 54.5. The summed E-state index contributed by atoms with van der Waals surface area (Å²) in [5, 5.41) is 9.83. The van der Waals surface area contributed by atoms with Gasteiger partial charge in [0.25, 0.3) is 0 Å². The summed E-state index contributed by atoms with van der Waals surface area (Å²) in [4.78, 5) is 48.6. The number of esters is 3.